The Kier molecular flexibility index (Phi) is 8.87. The molecule has 206 valence electrons. The van der Waals surface area contributed by atoms with Crippen LogP contribution in [0.15, 0.2) is 43.2 Å². The number of nitrogens with two attached hydrogens (primary N) is 1. The minimum atomic E-state index is -0.776. The lowest BCUT2D eigenvalue weighted by atomic mass is 10.1. The number of carbonyl (C=O) groups excluding carboxylic acids is 2. The van der Waals surface area contributed by atoms with Gasteiger partial charge in [0.15, 0.2) is 23.1 Å². The Morgan fingerprint density at radius 3 is 2.67 bits per heavy atom. The van der Waals surface area contributed by atoms with E-state index >= 15 is 0 Å². The smallest absolute Gasteiger partial charge is 0.271 e. The van der Waals surface area contributed by atoms with Gasteiger partial charge < -0.3 is 26.0 Å². The number of rotatable bonds is 11. The van der Waals surface area contributed by atoms with Gasteiger partial charge in [-0.15, -0.1) is 0 Å². The lowest BCUT2D eigenvalue weighted by Crippen LogP contribution is -2.35. The second-order valence-electron chi connectivity index (χ2n) is 9.24. The monoisotopic (exact) mass is 536 g/mol. The van der Waals surface area contributed by atoms with Crippen molar-refractivity contribution in [3.63, 3.8) is 0 Å². The highest BCUT2D eigenvalue weighted by atomic mass is 19.1. The maximum atomic E-state index is 14.6. The van der Waals surface area contributed by atoms with Crippen molar-refractivity contribution in [3.05, 3.63) is 60.5 Å². The molecule has 0 unspecified atom stereocenters. The number of anilines is 3. The summed E-state index contributed by atoms with van der Waals surface area (Å²) in [5.41, 5.74) is 6.74. The van der Waals surface area contributed by atoms with Crippen LogP contribution in [-0.2, 0) is 11.2 Å². The molecule has 0 spiro atoms. The van der Waals surface area contributed by atoms with Crippen LogP contribution < -0.4 is 21.1 Å². The van der Waals surface area contributed by atoms with Crippen molar-refractivity contribution in [1.29, 1.82) is 0 Å². The van der Waals surface area contributed by atoms with Gasteiger partial charge in [0.1, 0.15) is 5.69 Å². The third kappa shape index (κ3) is 6.77. The lowest BCUT2D eigenvalue weighted by molar-refractivity contribution is -0.111. The van der Waals surface area contributed by atoms with Crippen LogP contribution >= 0.6 is 0 Å². The van der Waals surface area contributed by atoms with E-state index in [2.05, 4.69) is 44.1 Å². The minimum absolute atomic E-state index is 0.00761. The average Bonchev–Trinajstić information content (AvgIpc) is 3.39. The first kappa shape index (κ1) is 27.7. The molecule has 1 saturated heterocycles. The third-order valence-electron chi connectivity index (χ3n) is 6.43. The molecule has 1 aliphatic heterocycles. The van der Waals surface area contributed by atoms with Crippen LogP contribution in [0, 0.1) is 5.82 Å². The minimum Gasteiger partial charge on any atom is -0.434 e. The number of primary amides is 1. The van der Waals surface area contributed by atoms with Crippen molar-refractivity contribution in [3.8, 4) is 11.6 Å². The second-order valence-corrected chi connectivity index (χ2v) is 9.24. The molecule has 2 aromatic heterocycles. The van der Waals surface area contributed by atoms with E-state index in [1.54, 1.807) is 13.1 Å². The fraction of sp³-hybridized carbons (Fsp3) is 0.370. The Balaban J connectivity index is 1.58. The van der Waals surface area contributed by atoms with Crippen molar-refractivity contribution in [2.45, 2.75) is 45.6 Å². The van der Waals surface area contributed by atoms with Crippen LogP contribution in [0.1, 0.15) is 55.3 Å². The number of hydrogen-bond acceptors (Lipinski definition) is 8. The van der Waals surface area contributed by atoms with Crippen molar-refractivity contribution in [1.82, 2.24) is 24.6 Å². The maximum absolute atomic E-state index is 14.6. The largest absolute Gasteiger partial charge is 0.434 e. The summed E-state index contributed by atoms with van der Waals surface area (Å²) in [5.74, 6) is -2.03. The Hall–Kier alpha value is -4.32. The fourth-order valence-electron chi connectivity index (χ4n) is 4.45. The van der Waals surface area contributed by atoms with Crippen molar-refractivity contribution >= 4 is 29.0 Å². The summed E-state index contributed by atoms with van der Waals surface area (Å²) >= 11 is 0. The SMILES string of the molecule is C=CC(=O)Nc1ccc(F)c(Oc2nc(Nc3cnn(C4CCN(CCC)CC4)c3)c(C(N)=O)nc2CC)c1. The average molecular weight is 537 g/mol. The molecule has 11 nitrogen and oxygen atoms in total. The van der Waals surface area contributed by atoms with Crippen LogP contribution in [0.25, 0.3) is 0 Å². The second kappa shape index (κ2) is 12.5. The van der Waals surface area contributed by atoms with Gasteiger partial charge in [-0.25, -0.2) is 9.37 Å². The standard InChI is InChI=1S/C27H33FN8O3/c1-4-11-35-12-9-19(10-13-35)36-16-18(15-30-36)32-26-24(25(29)38)33-21(5-2)27(34-26)39-22-14-17(7-8-20(22)28)31-23(37)6-3/h6-8,14-16,19H,3-5,9-13H2,1-2H3,(H2,29,38)(H,31,37)(H,32,34). The molecule has 0 bridgehead atoms. The van der Waals surface area contributed by atoms with Crippen molar-refractivity contribution in [2.75, 3.05) is 30.3 Å². The number of nitrogens with one attached hydrogen (secondary N) is 2. The summed E-state index contributed by atoms with van der Waals surface area (Å²) in [7, 11) is 0. The molecular weight excluding hydrogens is 503 g/mol. The molecule has 4 rings (SSSR count). The number of amides is 2. The van der Waals surface area contributed by atoms with Gasteiger partial charge in [-0.05, 0) is 50.4 Å². The van der Waals surface area contributed by atoms with Gasteiger partial charge in [0.25, 0.3) is 5.91 Å². The normalized spacial score (nSPS) is 14.1. The molecule has 0 saturated carbocycles. The summed E-state index contributed by atoms with van der Waals surface area (Å²) in [5, 5.41) is 10.1. The van der Waals surface area contributed by atoms with Crippen LogP contribution in [-0.4, -0.2) is 56.1 Å². The molecule has 0 atom stereocenters. The number of aryl methyl sites for hydroxylation is 1. The zero-order valence-corrected chi connectivity index (χ0v) is 22.1. The van der Waals surface area contributed by atoms with E-state index in [0.717, 1.165) is 51.0 Å². The topological polar surface area (TPSA) is 140 Å². The molecule has 3 heterocycles. The number of likely N-dealkylation sites (tertiary alicyclic amines) is 1. The molecule has 1 aromatic carbocycles. The van der Waals surface area contributed by atoms with Gasteiger partial charge in [-0.3, -0.25) is 14.3 Å². The predicted octanol–water partition coefficient (Wildman–Crippen LogP) is 4.18. The Morgan fingerprint density at radius 2 is 2.00 bits per heavy atom. The number of aromatic nitrogens is 4. The van der Waals surface area contributed by atoms with E-state index in [9.17, 15) is 14.0 Å². The Labute approximate surface area is 226 Å². The van der Waals surface area contributed by atoms with Crippen LogP contribution in [0.3, 0.4) is 0 Å². The number of carbonyl (C=O) groups is 2. The molecule has 0 radical (unpaired) electrons. The highest BCUT2D eigenvalue weighted by Gasteiger charge is 2.23. The molecule has 0 aliphatic carbocycles. The molecule has 39 heavy (non-hydrogen) atoms. The molecule has 1 aliphatic rings. The first-order chi connectivity index (χ1) is 18.8. The number of benzene rings is 1. The van der Waals surface area contributed by atoms with Crippen LogP contribution in [0.2, 0.25) is 0 Å². The summed E-state index contributed by atoms with van der Waals surface area (Å²) in [6.45, 7) is 10.5. The van der Waals surface area contributed by atoms with Crippen molar-refractivity contribution in [2.24, 2.45) is 5.73 Å². The number of piperidine rings is 1. The predicted molar refractivity (Wildman–Crippen MR) is 146 cm³/mol. The van der Waals surface area contributed by atoms with Gasteiger partial charge in [0, 0.05) is 31.0 Å². The van der Waals surface area contributed by atoms with Gasteiger partial charge >= 0.3 is 0 Å². The quantitative estimate of drug-likeness (QED) is 0.310. The first-order valence-electron chi connectivity index (χ1n) is 13.0. The molecular formula is C27H33FN8O3. The first-order valence-corrected chi connectivity index (χ1v) is 13.0. The van der Waals surface area contributed by atoms with E-state index in [0.29, 0.717) is 23.5 Å². The number of ether oxygens (including phenoxy) is 1. The summed E-state index contributed by atoms with van der Waals surface area (Å²) in [6, 6.07) is 4.15. The number of hydrogen-bond donors (Lipinski definition) is 3. The Bertz CT molecular complexity index is 1350. The number of nitrogens with zero attached hydrogens (tertiary/aromatic N) is 5. The molecule has 12 heteroatoms. The fourth-order valence-corrected chi connectivity index (χ4v) is 4.45. The van der Waals surface area contributed by atoms with Gasteiger partial charge in [0.05, 0.1) is 17.9 Å². The van der Waals surface area contributed by atoms with E-state index in [4.69, 9.17) is 10.5 Å². The van der Waals surface area contributed by atoms with E-state index in [1.165, 1.54) is 12.1 Å². The van der Waals surface area contributed by atoms with E-state index < -0.39 is 17.6 Å². The van der Waals surface area contributed by atoms with Crippen molar-refractivity contribution < 1.29 is 18.7 Å². The van der Waals surface area contributed by atoms with Crippen LogP contribution in [0.5, 0.6) is 11.6 Å². The molecule has 1 fully saturated rings. The van der Waals surface area contributed by atoms with Crippen LogP contribution in [0.4, 0.5) is 21.6 Å². The highest BCUT2D eigenvalue weighted by Crippen LogP contribution is 2.31. The lowest BCUT2D eigenvalue weighted by Gasteiger charge is -2.31. The molecule has 3 aromatic rings. The van der Waals surface area contributed by atoms with Gasteiger partial charge in [-0.2, -0.15) is 10.1 Å². The third-order valence-corrected chi connectivity index (χ3v) is 6.43. The van der Waals surface area contributed by atoms with E-state index in [-0.39, 0.29) is 29.2 Å². The maximum Gasteiger partial charge on any atom is 0.271 e. The summed E-state index contributed by atoms with van der Waals surface area (Å²) in [6.07, 6.45) is 8.06. The van der Waals surface area contributed by atoms with Gasteiger partial charge in [0.2, 0.25) is 11.8 Å². The molecule has 4 N–H and O–H groups in total. The molecule has 2 amide bonds. The highest BCUT2D eigenvalue weighted by molar-refractivity contribution is 5.99. The van der Waals surface area contributed by atoms with E-state index in [1.807, 2.05) is 10.9 Å². The zero-order valence-electron chi connectivity index (χ0n) is 22.1. The van der Waals surface area contributed by atoms with Gasteiger partial charge in [-0.1, -0.05) is 20.4 Å². The zero-order chi connectivity index (χ0) is 27.9. The summed E-state index contributed by atoms with van der Waals surface area (Å²) in [4.78, 5) is 35.1. The summed E-state index contributed by atoms with van der Waals surface area (Å²) < 4.78 is 22.3. The Morgan fingerprint density at radius 1 is 1.23 bits per heavy atom. The number of halogens is 1.